The fourth-order valence-corrected chi connectivity index (χ4v) is 4.14. The van der Waals surface area contributed by atoms with E-state index in [0.29, 0.717) is 19.6 Å². The van der Waals surface area contributed by atoms with Crippen LogP contribution in [0.3, 0.4) is 0 Å². The summed E-state index contributed by atoms with van der Waals surface area (Å²) in [5, 5.41) is 9.55. The van der Waals surface area contributed by atoms with E-state index < -0.39 is 35.3 Å². The first-order valence-corrected chi connectivity index (χ1v) is 8.36. The Morgan fingerprint density at radius 1 is 1.16 bits per heavy atom. The molecule has 1 aliphatic heterocycles. The number of rotatable bonds is 4. The van der Waals surface area contributed by atoms with Gasteiger partial charge in [-0.05, 0) is 18.1 Å². The zero-order valence-electron chi connectivity index (χ0n) is 15.3. The van der Waals surface area contributed by atoms with Gasteiger partial charge in [-0.25, -0.2) is 0 Å². The molecule has 3 atom stereocenters. The molecule has 7 nitrogen and oxygen atoms in total. The van der Waals surface area contributed by atoms with E-state index in [9.17, 15) is 10.1 Å². The Kier molecular flexibility index (Phi) is 4.55. The number of methoxy groups -OCH3 is 3. The molecule has 0 spiro atoms. The lowest BCUT2D eigenvalue weighted by Crippen LogP contribution is -2.70. The highest BCUT2D eigenvalue weighted by atomic mass is 16.7. The monoisotopic (exact) mass is 351 g/mol. The fraction of sp³-hybridized carbons (Fsp3) is 0.778. The maximum absolute atomic E-state index is 13.2. The SMILES string of the molecule is COC1(OC)C(=O)[C@]2(OC)C=C(C3OCC(C)(C)CO3)[C@@H]1C[C@@H]2C#N. The topological polar surface area (TPSA) is 87.0 Å². The summed E-state index contributed by atoms with van der Waals surface area (Å²) in [6.07, 6.45) is 1.46. The minimum Gasteiger partial charge on any atom is -0.365 e. The van der Waals surface area contributed by atoms with Gasteiger partial charge in [0.25, 0.3) is 0 Å². The molecule has 2 fully saturated rings. The molecule has 7 heteroatoms. The average molecular weight is 351 g/mol. The number of hydrogen-bond acceptors (Lipinski definition) is 7. The van der Waals surface area contributed by atoms with Crippen molar-refractivity contribution in [3.63, 3.8) is 0 Å². The maximum atomic E-state index is 13.2. The predicted molar refractivity (Wildman–Crippen MR) is 86.3 cm³/mol. The molecule has 0 N–H and O–H groups in total. The van der Waals surface area contributed by atoms with E-state index in [2.05, 4.69) is 19.9 Å². The lowest BCUT2D eigenvalue weighted by Gasteiger charge is -2.55. The molecule has 138 valence electrons. The van der Waals surface area contributed by atoms with Crippen LogP contribution in [0.1, 0.15) is 20.3 Å². The maximum Gasteiger partial charge on any atom is 0.238 e. The van der Waals surface area contributed by atoms with Crippen molar-refractivity contribution in [2.75, 3.05) is 34.5 Å². The summed E-state index contributed by atoms with van der Waals surface area (Å²) in [6.45, 7) is 5.19. The van der Waals surface area contributed by atoms with Crippen molar-refractivity contribution in [2.45, 2.75) is 37.9 Å². The quantitative estimate of drug-likeness (QED) is 0.559. The van der Waals surface area contributed by atoms with E-state index in [-0.39, 0.29) is 5.41 Å². The summed E-state index contributed by atoms with van der Waals surface area (Å²) in [6, 6.07) is 2.20. The number of hydrogen-bond donors (Lipinski definition) is 0. The summed E-state index contributed by atoms with van der Waals surface area (Å²) in [7, 11) is 4.27. The van der Waals surface area contributed by atoms with Crippen molar-refractivity contribution in [2.24, 2.45) is 17.3 Å². The molecule has 0 amide bonds. The minimum absolute atomic E-state index is 0.0751. The van der Waals surface area contributed by atoms with Gasteiger partial charge in [-0.15, -0.1) is 0 Å². The predicted octanol–water partition coefficient (Wildman–Crippen LogP) is 1.43. The number of carbonyl (C=O) groups is 1. The van der Waals surface area contributed by atoms with Crippen molar-refractivity contribution in [1.29, 1.82) is 5.26 Å². The van der Waals surface area contributed by atoms with Crippen LogP contribution in [0.2, 0.25) is 0 Å². The molecular formula is C18H25NO6. The molecule has 2 bridgehead atoms. The standard InChI is InChI=1S/C18H25NO6/c1-16(2)9-24-14(25-10-16)12-7-17(21-3)11(8-19)6-13(12)18(22-4,23-5)15(17)20/h7,11,13-14H,6,9-10H2,1-5H3/t11-,13+,17+/m1/s1. The molecule has 4 rings (SSSR count). The number of Topliss-reactive ketones (excluding diaryl/α,β-unsaturated/α-hetero) is 1. The third kappa shape index (κ3) is 2.47. The number of ether oxygens (including phenoxy) is 5. The molecule has 3 aliphatic carbocycles. The van der Waals surface area contributed by atoms with Gasteiger partial charge >= 0.3 is 0 Å². The van der Waals surface area contributed by atoms with Crippen molar-refractivity contribution in [3.8, 4) is 6.07 Å². The van der Waals surface area contributed by atoms with Crippen LogP contribution in [0, 0.1) is 28.6 Å². The second-order valence-corrected chi connectivity index (χ2v) is 7.63. The molecule has 0 aromatic rings. The van der Waals surface area contributed by atoms with Crippen LogP contribution in [0.5, 0.6) is 0 Å². The first kappa shape index (κ1) is 18.5. The Morgan fingerprint density at radius 2 is 1.76 bits per heavy atom. The molecule has 4 aliphatic rings. The highest BCUT2D eigenvalue weighted by Gasteiger charge is 2.68. The fourth-order valence-electron chi connectivity index (χ4n) is 4.14. The van der Waals surface area contributed by atoms with E-state index in [0.717, 1.165) is 5.57 Å². The van der Waals surface area contributed by atoms with E-state index in [1.165, 1.54) is 21.3 Å². The van der Waals surface area contributed by atoms with Crippen LogP contribution in [-0.2, 0) is 28.5 Å². The van der Waals surface area contributed by atoms with Crippen LogP contribution < -0.4 is 0 Å². The van der Waals surface area contributed by atoms with Gasteiger partial charge < -0.3 is 23.7 Å². The Labute approximate surface area is 147 Å². The van der Waals surface area contributed by atoms with Crippen LogP contribution in [0.25, 0.3) is 0 Å². The van der Waals surface area contributed by atoms with E-state index in [1.54, 1.807) is 6.08 Å². The van der Waals surface area contributed by atoms with Gasteiger partial charge in [0.05, 0.1) is 25.2 Å². The molecule has 0 unspecified atom stereocenters. The second kappa shape index (κ2) is 6.15. The molecule has 0 aromatic carbocycles. The summed E-state index contributed by atoms with van der Waals surface area (Å²) < 4.78 is 28.5. The van der Waals surface area contributed by atoms with Gasteiger partial charge in [-0.1, -0.05) is 13.8 Å². The Balaban J connectivity index is 2.06. The van der Waals surface area contributed by atoms with Gasteiger partial charge in [0, 0.05) is 32.7 Å². The molecule has 1 saturated heterocycles. The van der Waals surface area contributed by atoms with E-state index in [1.807, 2.05) is 0 Å². The minimum atomic E-state index is -1.51. The zero-order chi connectivity index (χ0) is 18.5. The summed E-state index contributed by atoms with van der Waals surface area (Å²) >= 11 is 0. The van der Waals surface area contributed by atoms with Crippen LogP contribution in [0.15, 0.2) is 11.6 Å². The average Bonchev–Trinajstić information content (AvgIpc) is 2.62. The number of ketones is 1. The molecule has 1 heterocycles. The number of carbonyl (C=O) groups excluding carboxylic acids is 1. The smallest absolute Gasteiger partial charge is 0.238 e. The first-order chi connectivity index (χ1) is 11.8. The van der Waals surface area contributed by atoms with Gasteiger partial charge in [0.15, 0.2) is 11.9 Å². The van der Waals surface area contributed by atoms with E-state index in [4.69, 9.17) is 23.7 Å². The van der Waals surface area contributed by atoms with Gasteiger partial charge in [0.2, 0.25) is 11.6 Å². The Morgan fingerprint density at radius 3 is 2.24 bits per heavy atom. The first-order valence-electron chi connectivity index (χ1n) is 8.36. The van der Waals surface area contributed by atoms with Gasteiger partial charge in [-0.3, -0.25) is 4.79 Å². The third-order valence-electron chi connectivity index (χ3n) is 5.53. The number of nitrogens with zero attached hydrogens (tertiary/aromatic N) is 1. The normalized spacial score (nSPS) is 36.8. The molecule has 0 radical (unpaired) electrons. The zero-order valence-corrected chi connectivity index (χ0v) is 15.3. The molecule has 25 heavy (non-hydrogen) atoms. The van der Waals surface area contributed by atoms with Crippen LogP contribution in [-0.4, -0.2) is 58.0 Å². The van der Waals surface area contributed by atoms with Crippen molar-refractivity contribution in [3.05, 3.63) is 11.6 Å². The number of nitriles is 1. The molecular weight excluding hydrogens is 326 g/mol. The van der Waals surface area contributed by atoms with E-state index >= 15 is 0 Å². The van der Waals surface area contributed by atoms with Crippen molar-refractivity contribution < 1.29 is 28.5 Å². The summed E-state index contributed by atoms with van der Waals surface area (Å²) in [5.41, 5.74) is -0.758. The van der Waals surface area contributed by atoms with Gasteiger partial charge in [-0.2, -0.15) is 5.26 Å². The lowest BCUT2D eigenvalue weighted by molar-refractivity contribution is -0.268. The molecule has 1 saturated carbocycles. The van der Waals surface area contributed by atoms with Crippen LogP contribution in [0.4, 0.5) is 0 Å². The van der Waals surface area contributed by atoms with Crippen molar-refractivity contribution in [1.82, 2.24) is 0 Å². The third-order valence-corrected chi connectivity index (χ3v) is 5.53. The molecule has 0 aromatic heterocycles. The number of fused-ring (bicyclic) bond motifs is 2. The second-order valence-electron chi connectivity index (χ2n) is 7.63. The summed E-state index contributed by atoms with van der Waals surface area (Å²) in [5.74, 6) is -2.98. The Bertz CT molecular complexity index is 622. The Hall–Kier alpha value is -1.30. The van der Waals surface area contributed by atoms with Crippen molar-refractivity contribution >= 4 is 5.78 Å². The van der Waals surface area contributed by atoms with Gasteiger partial charge in [0.1, 0.15) is 0 Å². The largest absolute Gasteiger partial charge is 0.365 e. The summed E-state index contributed by atoms with van der Waals surface area (Å²) in [4.78, 5) is 13.2. The van der Waals surface area contributed by atoms with Crippen LogP contribution >= 0.6 is 0 Å². The lowest BCUT2D eigenvalue weighted by atomic mass is 9.59. The highest BCUT2D eigenvalue weighted by Crippen LogP contribution is 2.54. The highest BCUT2D eigenvalue weighted by molar-refractivity contribution is 5.99.